The van der Waals surface area contributed by atoms with Crippen LogP contribution in [0.25, 0.3) is 0 Å². The van der Waals surface area contributed by atoms with Crippen molar-refractivity contribution in [1.29, 1.82) is 0 Å². The predicted octanol–water partition coefficient (Wildman–Crippen LogP) is 4.39. The van der Waals surface area contributed by atoms with Gasteiger partial charge in [-0.25, -0.2) is 0 Å². The zero-order valence-electron chi connectivity index (χ0n) is 15.6. The van der Waals surface area contributed by atoms with Gasteiger partial charge in [0.15, 0.2) is 0 Å². The molecule has 0 fully saturated rings. The molecule has 1 heterocycles. The molecule has 8 heteroatoms. The van der Waals surface area contributed by atoms with E-state index >= 15 is 0 Å². The van der Waals surface area contributed by atoms with Crippen molar-refractivity contribution in [2.75, 3.05) is 16.4 Å². The van der Waals surface area contributed by atoms with Crippen molar-refractivity contribution in [1.82, 2.24) is 10.2 Å². The van der Waals surface area contributed by atoms with Crippen molar-refractivity contribution in [2.24, 2.45) is 0 Å². The quantitative estimate of drug-likeness (QED) is 0.562. The maximum absolute atomic E-state index is 12.6. The summed E-state index contributed by atoms with van der Waals surface area (Å²) in [6.07, 6.45) is 0.774. The van der Waals surface area contributed by atoms with Gasteiger partial charge in [-0.15, -0.1) is 22.0 Å². The normalized spacial score (nSPS) is 10.5. The Kier molecular flexibility index (Phi) is 6.78. The van der Waals surface area contributed by atoms with E-state index in [4.69, 9.17) is 0 Å². The summed E-state index contributed by atoms with van der Waals surface area (Å²) in [6, 6.07) is 14.8. The fourth-order valence-electron chi connectivity index (χ4n) is 2.37. The number of rotatable bonds is 7. The number of nitrogens with one attached hydrogen (secondary N) is 2. The fraction of sp³-hybridized carbons (Fsp3) is 0.200. The van der Waals surface area contributed by atoms with Crippen LogP contribution in [0.2, 0.25) is 0 Å². The number of carbonyl (C=O) groups is 2. The molecule has 0 atom stereocenters. The number of amides is 2. The molecule has 2 amide bonds. The average Bonchev–Trinajstić information content (AvgIpc) is 3.16. The number of benzene rings is 2. The minimum atomic E-state index is -0.263. The molecule has 0 aliphatic carbocycles. The maximum Gasteiger partial charge on any atom is 0.258 e. The first-order chi connectivity index (χ1) is 13.5. The largest absolute Gasteiger partial charge is 0.325 e. The Morgan fingerprint density at radius 2 is 1.79 bits per heavy atom. The maximum atomic E-state index is 12.6. The van der Waals surface area contributed by atoms with Gasteiger partial charge in [0.25, 0.3) is 5.91 Å². The highest BCUT2D eigenvalue weighted by Crippen LogP contribution is 2.25. The topological polar surface area (TPSA) is 84.0 Å². The molecule has 0 radical (unpaired) electrons. The highest BCUT2D eigenvalue weighted by atomic mass is 32.2. The molecule has 0 aliphatic rings. The highest BCUT2D eigenvalue weighted by Gasteiger charge is 2.15. The summed E-state index contributed by atoms with van der Waals surface area (Å²) in [5, 5.41) is 15.0. The third-order valence-corrected chi connectivity index (χ3v) is 5.87. The fourth-order valence-corrected chi connectivity index (χ4v) is 3.89. The molecule has 28 heavy (non-hydrogen) atoms. The van der Waals surface area contributed by atoms with E-state index in [0.29, 0.717) is 10.7 Å². The van der Waals surface area contributed by atoms with Gasteiger partial charge in [-0.05, 0) is 37.6 Å². The Labute approximate surface area is 171 Å². The minimum absolute atomic E-state index is 0.124. The van der Waals surface area contributed by atoms with E-state index < -0.39 is 0 Å². The lowest BCUT2D eigenvalue weighted by Gasteiger charge is -2.09. The Morgan fingerprint density at radius 3 is 2.50 bits per heavy atom. The van der Waals surface area contributed by atoms with Crippen LogP contribution in [0.1, 0.15) is 27.9 Å². The summed E-state index contributed by atoms with van der Waals surface area (Å²) in [7, 11) is 0. The van der Waals surface area contributed by atoms with E-state index in [-0.39, 0.29) is 17.6 Å². The molecule has 3 aromatic rings. The molecule has 0 saturated carbocycles. The summed E-state index contributed by atoms with van der Waals surface area (Å²) < 4.78 is 0. The summed E-state index contributed by atoms with van der Waals surface area (Å²) in [4.78, 5) is 25.6. The second-order valence-electron chi connectivity index (χ2n) is 6.01. The molecule has 0 spiro atoms. The monoisotopic (exact) mass is 412 g/mol. The number of hydrogen-bond acceptors (Lipinski definition) is 6. The molecule has 0 bridgehead atoms. The lowest BCUT2D eigenvalue weighted by Crippen LogP contribution is -2.15. The van der Waals surface area contributed by atoms with Crippen molar-refractivity contribution in [3.63, 3.8) is 0 Å². The lowest BCUT2D eigenvalue weighted by molar-refractivity contribution is -0.113. The van der Waals surface area contributed by atoms with Gasteiger partial charge in [-0.2, -0.15) is 0 Å². The number of anilines is 2. The van der Waals surface area contributed by atoms with Crippen LogP contribution in [0.15, 0.2) is 53.4 Å². The van der Waals surface area contributed by atoms with Crippen LogP contribution < -0.4 is 10.6 Å². The second kappa shape index (κ2) is 9.48. The standard InChI is InChI=1S/C20H20N4O2S2/c1-3-18-23-24-20(28-18)22-19(26)15-6-4-5-7-16(15)27-12-17(25)21-14-10-8-13(2)9-11-14/h4-11H,3,12H2,1-2H3,(H,21,25)(H,22,24,26). The molecule has 0 unspecified atom stereocenters. The average molecular weight is 413 g/mol. The first-order valence-corrected chi connectivity index (χ1v) is 10.6. The number of nitrogens with zero attached hydrogens (tertiary/aromatic N) is 2. The Balaban J connectivity index is 1.62. The molecular formula is C20H20N4O2S2. The number of carbonyl (C=O) groups excluding carboxylic acids is 2. The zero-order chi connectivity index (χ0) is 19.9. The molecule has 2 aromatic carbocycles. The van der Waals surface area contributed by atoms with Crippen LogP contribution in [-0.2, 0) is 11.2 Å². The third-order valence-electron chi connectivity index (χ3n) is 3.82. The van der Waals surface area contributed by atoms with Crippen molar-refractivity contribution in [3.05, 3.63) is 64.7 Å². The Bertz CT molecular complexity index is 970. The molecule has 6 nitrogen and oxygen atoms in total. The second-order valence-corrected chi connectivity index (χ2v) is 8.09. The Morgan fingerprint density at radius 1 is 1.04 bits per heavy atom. The van der Waals surface area contributed by atoms with Gasteiger partial charge in [-0.1, -0.05) is 48.1 Å². The number of thioether (sulfide) groups is 1. The van der Waals surface area contributed by atoms with E-state index in [0.717, 1.165) is 27.6 Å². The molecule has 0 saturated heterocycles. The minimum Gasteiger partial charge on any atom is -0.325 e. The number of aromatic nitrogens is 2. The number of aryl methyl sites for hydroxylation is 2. The van der Waals surface area contributed by atoms with Crippen LogP contribution in [0.4, 0.5) is 10.8 Å². The van der Waals surface area contributed by atoms with Gasteiger partial charge in [0.1, 0.15) is 5.01 Å². The SMILES string of the molecule is CCc1nnc(NC(=O)c2ccccc2SCC(=O)Nc2ccc(C)cc2)s1. The molecular weight excluding hydrogens is 392 g/mol. The van der Waals surface area contributed by atoms with Crippen molar-refractivity contribution in [2.45, 2.75) is 25.2 Å². The van der Waals surface area contributed by atoms with E-state index in [1.54, 1.807) is 12.1 Å². The smallest absolute Gasteiger partial charge is 0.258 e. The van der Waals surface area contributed by atoms with E-state index in [1.165, 1.54) is 23.1 Å². The van der Waals surface area contributed by atoms with E-state index in [1.807, 2.05) is 50.2 Å². The van der Waals surface area contributed by atoms with Gasteiger partial charge in [-0.3, -0.25) is 14.9 Å². The van der Waals surface area contributed by atoms with Crippen molar-refractivity contribution < 1.29 is 9.59 Å². The van der Waals surface area contributed by atoms with Crippen LogP contribution in [0, 0.1) is 6.92 Å². The summed E-state index contributed by atoms with van der Waals surface area (Å²) in [6.45, 7) is 3.98. The van der Waals surface area contributed by atoms with Crippen LogP contribution >= 0.6 is 23.1 Å². The molecule has 144 valence electrons. The highest BCUT2D eigenvalue weighted by molar-refractivity contribution is 8.00. The molecule has 0 aliphatic heterocycles. The van der Waals surface area contributed by atoms with Crippen LogP contribution in [0.5, 0.6) is 0 Å². The first-order valence-electron chi connectivity index (χ1n) is 8.77. The van der Waals surface area contributed by atoms with E-state index in [2.05, 4.69) is 20.8 Å². The lowest BCUT2D eigenvalue weighted by atomic mass is 10.2. The van der Waals surface area contributed by atoms with Crippen molar-refractivity contribution in [3.8, 4) is 0 Å². The zero-order valence-corrected chi connectivity index (χ0v) is 17.2. The number of hydrogen-bond donors (Lipinski definition) is 2. The van der Waals surface area contributed by atoms with E-state index in [9.17, 15) is 9.59 Å². The summed E-state index contributed by atoms with van der Waals surface area (Å²) in [5.74, 6) is -0.182. The third kappa shape index (κ3) is 5.40. The van der Waals surface area contributed by atoms with Gasteiger partial charge < -0.3 is 5.32 Å². The predicted molar refractivity (Wildman–Crippen MR) is 114 cm³/mol. The van der Waals surface area contributed by atoms with Gasteiger partial charge in [0.05, 0.1) is 11.3 Å². The first kappa shape index (κ1) is 20.0. The van der Waals surface area contributed by atoms with Crippen LogP contribution in [0.3, 0.4) is 0 Å². The van der Waals surface area contributed by atoms with Crippen LogP contribution in [-0.4, -0.2) is 27.8 Å². The molecule has 1 aromatic heterocycles. The molecule has 3 rings (SSSR count). The van der Waals surface area contributed by atoms with Crippen molar-refractivity contribution >= 4 is 45.7 Å². The van der Waals surface area contributed by atoms with Gasteiger partial charge in [0.2, 0.25) is 11.0 Å². The van der Waals surface area contributed by atoms with Gasteiger partial charge in [0, 0.05) is 10.6 Å². The Hall–Kier alpha value is -2.71. The summed E-state index contributed by atoms with van der Waals surface area (Å²) in [5.41, 5.74) is 2.39. The molecule has 2 N–H and O–H groups in total. The summed E-state index contributed by atoms with van der Waals surface area (Å²) >= 11 is 2.68. The van der Waals surface area contributed by atoms with Gasteiger partial charge >= 0.3 is 0 Å².